The summed E-state index contributed by atoms with van der Waals surface area (Å²) in [5.41, 5.74) is 0.813. The van der Waals surface area contributed by atoms with Gasteiger partial charge in [0.1, 0.15) is 0 Å². The van der Waals surface area contributed by atoms with Crippen molar-refractivity contribution < 1.29 is 9.59 Å². The monoisotopic (exact) mass is 365 g/mol. The number of thiazole rings is 1. The fourth-order valence-corrected chi connectivity index (χ4v) is 3.04. The van der Waals surface area contributed by atoms with Crippen LogP contribution in [0.15, 0.2) is 40.3 Å². The zero-order valence-electron chi connectivity index (χ0n) is 11.0. The standard InChI is InChI=1S/C14H12BrN3O2S/c15-10-1-3-11(4-2-10)18-8-9(7-12(18)19)13(20)17-14-16-5-6-21-14/h1-6,9H,7-8H2,(H,16,17,20)/t9-/m0/s1. The van der Waals surface area contributed by atoms with Crippen molar-refractivity contribution in [1.29, 1.82) is 0 Å². The van der Waals surface area contributed by atoms with Gasteiger partial charge in [-0.2, -0.15) is 0 Å². The molecule has 7 heteroatoms. The van der Waals surface area contributed by atoms with Crippen LogP contribution in [0.5, 0.6) is 0 Å². The molecule has 0 radical (unpaired) electrons. The second kappa shape index (κ2) is 5.95. The molecule has 2 amide bonds. The average molecular weight is 366 g/mol. The summed E-state index contributed by atoms with van der Waals surface area (Å²) in [6.45, 7) is 0.400. The predicted octanol–water partition coefficient (Wildman–Crippen LogP) is 2.90. The lowest BCUT2D eigenvalue weighted by atomic mass is 10.1. The van der Waals surface area contributed by atoms with Crippen molar-refractivity contribution in [1.82, 2.24) is 4.98 Å². The van der Waals surface area contributed by atoms with Crippen LogP contribution in [0.1, 0.15) is 6.42 Å². The molecule has 21 heavy (non-hydrogen) atoms. The maximum absolute atomic E-state index is 12.2. The highest BCUT2D eigenvalue weighted by Crippen LogP contribution is 2.27. The molecule has 108 valence electrons. The minimum atomic E-state index is -0.343. The van der Waals surface area contributed by atoms with Crippen LogP contribution in [0.4, 0.5) is 10.8 Å². The van der Waals surface area contributed by atoms with Gasteiger partial charge in [-0.05, 0) is 24.3 Å². The Morgan fingerprint density at radius 2 is 2.14 bits per heavy atom. The zero-order valence-corrected chi connectivity index (χ0v) is 13.4. The second-order valence-corrected chi connectivity index (χ2v) is 6.52. The van der Waals surface area contributed by atoms with Crippen LogP contribution in [0, 0.1) is 5.92 Å². The molecule has 0 saturated carbocycles. The maximum atomic E-state index is 12.2. The molecule has 1 fully saturated rings. The number of carbonyl (C=O) groups is 2. The van der Waals surface area contributed by atoms with E-state index >= 15 is 0 Å². The molecule has 3 rings (SSSR count). The van der Waals surface area contributed by atoms with Crippen LogP contribution in [0.25, 0.3) is 0 Å². The van der Waals surface area contributed by atoms with Crippen molar-refractivity contribution in [3.63, 3.8) is 0 Å². The molecule has 2 aromatic rings. The molecule has 1 aromatic heterocycles. The largest absolute Gasteiger partial charge is 0.312 e. The molecule has 0 aliphatic carbocycles. The Labute approximate surface area is 134 Å². The minimum Gasteiger partial charge on any atom is -0.312 e. The Hall–Kier alpha value is -1.73. The predicted molar refractivity (Wildman–Crippen MR) is 85.3 cm³/mol. The maximum Gasteiger partial charge on any atom is 0.231 e. The van der Waals surface area contributed by atoms with E-state index in [1.807, 2.05) is 24.3 Å². The van der Waals surface area contributed by atoms with E-state index in [0.717, 1.165) is 10.2 Å². The number of aromatic nitrogens is 1. The highest BCUT2D eigenvalue weighted by Gasteiger charge is 2.35. The number of hydrogen-bond acceptors (Lipinski definition) is 4. The number of nitrogens with zero attached hydrogens (tertiary/aromatic N) is 2. The van der Waals surface area contributed by atoms with E-state index in [1.54, 1.807) is 16.5 Å². The van der Waals surface area contributed by atoms with Gasteiger partial charge in [-0.3, -0.25) is 9.59 Å². The Morgan fingerprint density at radius 1 is 1.38 bits per heavy atom. The van der Waals surface area contributed by atoms with Gasteiger partial charge in [0.2, 0.25) is 11.8 Å². The molecular weight excluding hydrogens is 354 g/mol. The first kappa shape index (κ1) is 14.2. The molecule has 0 unspecified atom stereocenters. The summed E-state index contributed by atoms with van der Waals surface area (Å²) >= 11 is 4.73. The molecule has 1 N–H and O–H groups in total. The lowest BCUT2D eigenvalue weighted by Crippen LogP contribution is -2.28. The Bertz CT molecular complexity index is 657. The van der Waals surface area contributed by atoms with Crippen molar-refractivity contribution in [2.24, 2.45) is 5.92 Å². The fourth-order valence-electron chi connectivity index (χ4n) is 2.25. The summed E-state index contributed by atoms with van der Waals surface area (Å²) < 4.78 is 0.955. The van der Waals surface area contributed by atoms with Gasteiger partial charge in [-0.25, -0.2) is 4.98 Å². The quantitative estimate of drug-likeness (QED) is 0.909. The topological polar surface area (TPSA) is 62.3 Å². The first-order valence-electron chi connectivity index (χ1n) is 6.40. The fraction of sp³-hybridized carbons (Fsp3) is 0.214. The van der Waals surface area contributed by atoms with Crippen molar-refractivity contribution in [3.05, 3.63) is 40.3 Å². The number of amides is 2. The molecular formula is C14H12BrN3O2S. The summed E-state index contributed by atoms with van der Waals surface area (Å²) in [4.78, 5) is 29.9. The van der Waals surface area contributed by atoms with E-state index in [1.165, 1.54) is 11.3 Å². The summed E-state index contributed by atoms with van der Waals surface area (Å²) in [6, 6.07) is 7.49. The summed E-state index contributed by atoms with van der Waals surface area (Å²) in [5, 5.41) is 5.11. The van der Waals surface area contributed by atoms with E-state index in [-0.39, 0.29) is 24.2 Å². The number of nitrogens with one attached hydrogen (secondary N) is 1. The van der Waals surface area contributed by atoms with Crippen LogP contribution < -0.4 is 10.2 Å². The lowest BCUT2D eigenvalue weighted by Gasteiger charge is -2.16. The smallest absolute Gasteiger partial charge is 0.231 e. The Kier molecular flexibility index (Phi) is 4.03. The summed E-state index contributed by atoms with van der Waals surface area (Å²) in [6.07, 6.45) is 1.86. The lowest BCUT2D eigenvalue weighted by molar-refractivity contribution is -0.122. The van der Waals surface area contributed by atoms with Crippen molar-refractivity contribution >= 4 is 49.9 Å². The van der Waals surface area contributed by atoms with Crippen LogP contribution in [-0.2, 0) is 9.59 Å². The van der Waals surface area contributed by atoms with Gasteiger partial charge in [0.25, 0.3) is 0 Å². The van der Waals surface area contributed by atoms with Gasteiger partial charge < -0.3 is 10.2 Å². The van der Waals surface area contributed by atoms with Gasteiger partial charge in [-0.1, -0.05) is 15.9 Å². The average Bonchev–Trinajstić information content (AvgIpc) is 3.09. The number of benzene rings is 1. The molecule has 5 nitrogen and oxygen atoms in total. The van der Waals surface area contributed by atoms with E-state index in [4.69, 9.17) is 0 Å². The number of carbonyl (C=O) groups excluding carboxylic acids is 2. The van der Waals surface area contributed by atoms with Gasteiger partial charge in [-0.15, -0.1) is 11.3 Å². The van der Waals surface area contributed by atoms with Gasteiger partial charge >= 0.3 is 0 Å². The Balaban J connectivity index is 1.69. The third kappa shape index (κ3) is 3.14. The third-order valence-corrected chi connectivity index (χ3v) is 4.51. The van der Waals surface area contributed by atoms with Gasteiger partial charge in [0.15, 0.2) is 5.13 Å². The molecule has 1 atom stereocenters. The van der Waals surface area contributed by atoms with Crippen LogP contribution >= 0.6 is 27.3 Å². The van der Waals surface area contributed by atoms with Crippen molar-refractivity contribution in [2.75, 3.05) is 16.8 Å². The second-order valence-electron chi connectivity index (χ2n) is 4.71. The molecule has 2 heterocycles. The number of halogens is 1. The number of rotatable bonds is 3. The van der Waals surface area contributed by atoms with Crippen LogP contribution in [0.2, 0.25) is 0 Å². The normalized spacial score (nSPS) is 18.0. The zero-order chi connectivity index (χ0) is 14.8. The molecule has 1 aromatic carbocycles. The highest BCUT2D eigenvalue weighted by atomic mass is 79.9. The third-order valence-electron chi connectivity index (χ3n) is 3.30. The van der Waals surface area contributed by atoms with Crippen molar-refractivity contribution in [3.8, 4) is 0 Å². The van der Waals surface area contributed by atoms with E-state index in [9.17, 15) is 9.59 Å². The van der Waals surface area contributed by atoms with Crippen molar-refractivity contribution in [2.45, 2.75) is 6.42 Å². The van der Waals surface area contributed by atoms with Gasteiger partial charge in [0, 0.05) is 34.7 Å². The SMILES string of the molecule is O=C(Nc1nccs1)[C@H]1CC(=O)N(c2ccc(Br)cc2)C1. The molecule has 1 aliphatic rings. The van der Waals surface area contributed by atoms with E-state index in [2.05, 4.69) is 26.2 Å². The molecule has 1 aliphatic heterocycles. The highest BCUT2D eigenvalue weighted by molar-refractivity contribution is 9.10. The van der Waals surface area contributed by atoms with E-state index < -0.39 is 0 Å². The van der Waals surface area contributed by atoms with Crippen LogP contribution in [0.3, 0.4) is 0 Å². The molecule has 1 saturated heterocycles. The number of anilines is 2. The first-order chi connectivity index (χ1) is 10.1. The first-order valence-corrected chi connectivity index (χ1v) is 8.07. The molecule has 0 bridgehead atoms. The Morgan fingerprint density at radius 3 is 2.81 bits per heavy atom. The van der Waals surface area contributed by atoms with Gasteiger partial charge in [0.05, 0.1) is 5.92 Å². The number of hydrogen-bond donors (Lipinski definition) is 1. The van der Waals surface area contributed by atoms with Crippen LogP contribution in [-0.4, -0.2) is 23.3 Å². The minimum absolute atomic E-state index is 0.0309. The molecule has 0 spiro atoms. The summed E-state index contributed by atoms with van der Waals surface area (Å²) in [7, 11) is 0. The summed E-state index contributed by atoms with van der Waals surface area (Å²) in [5.74, 6) is -0.528. The van der Waals surface area contributed by atoms with E-state index in [0.29, 0.717) is 11.7 Å².